The van der Waals surface area contributed by atoms with Crippen LogP contribution in [0.15, 0.2) is 0 Å². The molecule has 1 aromatic heterocycles. The second-order valence-corrected chi connectivity index (χ2v) is 5.37. The first kappa shape index (κ1) is 11.6. The van der Waals surface area contributed by atoms with Gasteiger partial charge in [0.05, 0.1) is 12.2 Å². The van der Waals surface area contributed by atoms with Crippen LogP contribution in [0.3, 0.4) is 0 Å². The molecule has 6 heteroatoms. The Bertz CT molecular complexity index is 438. The van der Waals surface area contributed by atoms with Crippen LogP contribution in [0.1, 0.15) is 38.4 Å². The molecule has 18 heavy (non-hydrogen) atoms. The first-order valence-electron chi connectivity index (χ1n) is 6.53. The van der Waals surface area contributed by atoms with Gasteiger partial charge in [0.1, 0.15) is 5.82 Å². The Balaban J connectivity index is 1.87. The van der Waals surface area contributed by atoms with Crippen molar-refractivity contribution in [3.8, 4) is 0 Å². The third kappa shape index (κ3) is 2.12. The topological polar surface area (TPSA) is 77.2 Å². The van der Waals surface area contributed by atoms with E-state index in [0.717, 1.165) is 31.8 Å². The standard InChI is InChI=1S/C12H19N5O/c1-7(2)10-14-11(13)16-12(15-10)17-5-8-3-4-9(6-17)18-8/h7-9H,3-6H2,1-2H3,(H2,13,14,15,16). The molecule has 6 nitrogen and oxygen atoms in total. The minimum atomic E-state index is 0.256. The first-order chi connectivity index (χ1) is 8.61. The number of rotatable bonds is 2. The molecule has 2 bridgehead atoms. The Kier molecular flexibility index (Phi) is 2.81. The first-order valence-corrected chi connectivity index (χ1v) is 6.53. The Hall–Kier alpha value is -1.43. The largest absolute Gasteiger partial charge is 0.371 e. The van der Waals surface area contributed by atoms with Crippen molar-refractivity contribution in [2.75, 3.05) is 23.7 Å². The predicted molar refractivity (Wildman–Crippen MR) is 68.4 cm³/mol. The number of morpholine rings is 1. The minimum absolute atomic E-state index is 0.256. The molecule has 2 atom stereocenters. The molecule has 98 valence electrons. The zero-order chi connectivity index (χ0) is 12.7. The fourth-order valence-electron chi connectivity index (χ4n) is 2.58. The summed E-state index contributed by atoms with van der Waals surface area (Å²) in [5, 5.41) is 0. The highest BCUT2D eigenvalue weighted by Crippen LogP contribution is 2.28. The van der Waals surface area contributed by atoms with E-state index in [0.29, 0.717) is 24.1 Å². The van der Waals surface area contributed by atoms with Gasteiger partial charge in [0.25, 0.3) is 0 Å². The van der Waals surface area contributed by atoms with Gasteiger partial charge in [-0.1, -0.05) is 13.8 Å². The monoisotopic (exact) mass is 249 g/mol. The van der Waals surface area contributed by atoms with Crippen molar-refractivity contribution < 1.29 is 4.74 Å². The number of aromatic nitrogens is 3. The van der Waals surface area contributed by atoms with Gasteiger partial charge in [-0.05, 0) is 12.8 Å². The molecule has 0 radical (unpaired) electrons. The smallest absolute Gasteiger partial charge is 0.230 e. The molecule has 0 spiro atoms. The lowest BCUT2D eigenvalue weighted by Crippen LogP contribution is -2.43. The van der Waals surface area contributed by atoms with Crippen molar-refractivity contribution in [3.05, 3.63) is 5.82 Å². The van der Waals surface area contributed by atoms with Crippen LogP contribution in [0.25, 0.3) is 0 Å². The van der Waals surface area contributed by atoms with Crippen LogP contribution in [-0.4, -0.2) is 40.2 Å². The fraction of sp³-hybridized carbons (Fsp3) is 0.750. The van der Waals surface area contributed by atoms with Gasteiger partial charge in [0.2, 0.25) is 11.9 Å². The quantitative estimate of drug-likeness (QED) is 0.840. The number of anilines is 2. The van der Waals surface area contributed by atoms with E-state index in [2.05, 4.69) is 33.7 Å². The van der Waals surface area contributed by atoms with E-state index in [4.69, 9.17) is 10.5 Å². The Morgan fingerprint density at radius 1 is 1.17 bits per heavy atom. The summed E-state index contributed by atoms with van der Waals surface area (Å²) in [7, 11) is 0. The van der Waals surface area contributed by atoms with Crippen molar-refractivity contribution in [3.63, 3.8) is 0 Å². The molecule has 2 aliphatic rings. The van der Waals surface area contributed by atoms with Gasteiger partial charge in [0.15, 0.2) is 0 Å². The summed E-state index contributed by atoms with van der Waals surface area (Å²) >= 11 is 0. The molecular weight excluding hydrogens is 230 g/mol. The fourth-order valence-corrected chi connectivity index (χ4v) is 2.58. The molecule has 1 aromatic rings. The molecule has 0 amide bonds. The van der Waals surface area contributed by atoms with E-state index in [1.165, 1.54) is 0 Å². The molecule has 2 fully saturated rings. The van der Waals surface area contributed by atoms with E-state index in [1.54, 1.807) is 0 Å². The molecule has 3 rings (SSSR count). The number of nitrogen functional groups attached to an aromatic ring is 1. The summed E-state index contributed by atoms with van der Waals surface area (Å²) < 4.78 is 5.81. The van der Waals surface area contributed by atoms with Crippen molar-refractivity contribution in [1.29, 1.82) is 0 Å². The molecule has 0 aliphatic carbocycles. The number of hydrogen-bond donors (Lipinski definition) is 1. The van der Waals surface area contributed by atoms with E-state index in [9.17, 15) is 0 Å². The molecule has 0 saturated carbocycles. The highest BCUT2D eigenvalue weighted by atomic mass is 16.5. The lowest BCUT2D eigenvalue weighted by atomic mass is 10.2. The van der Waals surface area contributed by atoms with E-state index in [-0.39, 0.29) is 5.92 Å². The third-order valence-electron chi connectivity index (χ3n) is 3.50. The van der Waals surface area contributed by atoms with Gasteiger partial charge in [-0.25, -0.2) is 0 Å². The SMILES string of the molecule is CC(C)c1nc(N)nc(N2CC3CCC(C2)O3)n1. The molecule has 2 N–H and O–H groups in total. The number of fused-ring (bicyclic) bond motifs is 2. The van der Waals surface area contributed by atoms with E-state index < -0.39 is 0 Å². The van der Waals surface area contributed by atoms with Crippen LogP contribution in [0.4, 0.5) is 11.9 Å². The highest BCUT2D eigenvalue weighted by Gasteiger charge is 2.35. The molecule has 2 unspecified atom stereocenters. The summed E-state index contributed by atoms with van der Waals surface area (Å²) in [5.74, 6) is 2.03. The van der Waals surface area contributed by atoms with Crippen LogP contribution in [0.5, 0.6) is 0 Å². The van der Waals surface area contributed by atoms with E-state index >= 15 is 0 Å². The maximum atomic E-state index is 5.81. The van der Waals surface area contributed by atoms with Crippen molar-refractivity contribution in [2.45, 2.75) is 44.8 Å². The average molecular weight is 249 g/mol. The summed E-state index contributed by atoms with van der Waals surface area (Å²) in [4.78, 5) is 15.1. The maximum absolute atomic E-state index is 5.81. The van der Waals surface area contributed by atoms with Gasteiger partial charge in [0, 0.05) is 19.0 Å². The average Bonchev–Trinajstić information content (AvgIpc) is 2.67. The lowest BCUT2D eigenvalue weighted by Gasteiger charge is -2.32. The van der Waals surface area contributed by atoms with Crippen LogP contribution in [-0.2, 0) is 4.74 Å². The van der Waals surface area contributed by atoms with Crippen LogP contribution in [0, 0.1) is 0 Å². The minimum Gasteiger partial charge on any atom is -0.371 e. The zero-order valence-electron chi connectivity index (χ0n) is 10.8. The van der Waals surface area contributed by atoms with E-state index in [1.807, 2.05) is 0 Å². The Labute approximate surface area is 107 Å². The van der Waals surface area contributed by atoms with Crippen LogP contribution < -0.4 is 10.6 Å². The van der Waals surface area contributed by atoms with Gasteiger partial charge < -0.3 is 15.4 Å². The zero-order valence-corrected chi connectivity index (χ0v) is 10.8. The normalized spacial score (nSPS) is 26.9. The Morgan fingerprint density at radius 2 is 1.83 bits per heavy atom. The predicted octanol–water partition coefficient (Wildman–Crippen LogP) is 0.945. The lowest BCUT2D eigenvalue weighted by molar-refractivity contribution is 0.0299. The second kappa shape index (κ2) is 4.35. The van der Waals surface area contributed by atoms with Gasteiger partial charge in [-0.2, -0.15) is 15.0 Å². The van der Waals surface area contributed by atoms with Gasteiger partial charge in [-0.15, -0.1) is 0 Å². The molecule has 2 saturated heterocycles. The number of nitrogens with zero attached hydrogens (tertiary/aromatic N) is 4. The van der Waals surface area contributed by atoms with Crippen molar-refractivity contribution >= 4 is 11.9 Å². The Morgan fingerprint density at radius 3 is 2.44 bits per heavy atom. The molecule has 3 heterocycles. The number of hydrogen-bond acceptors (Lipinski definition) is 6. The summed E-state index contributed by atoms with van der Waals surface area (Å²) in [6.07, 6.45) is 2.92. The van der Waals surface area contributed by atoms with Crippen molar-refractivity contribution in [1.82, 2.24) is 15.0 Å². The molecular formula is C12H19N5O. The number of ether oxygens (including phenoxy) is 1. The highest BCUT2D eigenvalue weighted by molar-refractivity contribution is 5.36. The van der Waals surface area contributed by atoms with Crippen LogP contribution in [0.2, 0.25) is 0 Å². The summed E-state index contributed by atoms with van der Waals surface area (Å²) in [6.45, 7) is 5.83. The third-order valence-corrected chi connectivity index (χ3v) is 3.50. The maximum Gasteiger partial charge on any atom is 0.230 e. The van der Waals surface area contributed by atoms with Gasteiger partial charge >= 0.3 is 0 Å². The van der Waals surface area contributed by atoms with Crippen LogP contribution >= 0.6 is 0 Å². The summed E-state index contributed by atoms with van der Waals surface area (Å²) in [5.41, 5.74) is 5.77. The van der Waals surface area contributed by atoms with Gasteiger partial charge in [-0.3, -0.25) is 0 Å². The second-order valence-electron chi connectivity index (χ2n) is 5.37. The molecule has 0 aromatic carbocycles. The summed E-state index contributed by atoms with van der Waals surface area (Å²) in [6, 6.07) is 0. The molecule has 2 aliphatic heterocycles. The number of nitrogens with two attached hydrogens (primary N) is 1. The van der Waals surface area contributed by atoms with Crippen molar-refractivity contribution in [2.24, 2.45) is 0 Å².